The van der Waals surface area contributed by atoms with Gasteiger partial charge in [0.2, 0.25) is 0 Å². The molecule has 15 heavy (non-hydrogen) atoms. The Morgan fingerprint density at radius 1 is 0.400 bits per heavy atom. The van der Waals surface area contributed by atoms with Crippen molar-refractivity contribution in [3.8, 4) is 0 Å². The summed E-state index contributed by atoms with van der Waals surface area (Å²) < 4.78 is 0. The molecule has 0 aromatic heterocycles. The van der Waals surface area contributed by atoms with Gasteiger partial charge in [0.25, 0.3) is 0 Å². The average molecular weight is 262 g/mol. The number of hydrogen-bond acceptors (Lipinski definition) is 10. The van der Waals surface area contributed by atoms with Crippen LogP contribution in [0.4, 0.5) is 0 Å². The predicted molar refractivity (Wildman–Crippen MR) is 43.1 cm³/mol. The second kappa shape index (κ2) is 24.2. The van der Waals surface area contributed by atoms with Gasteiger partial charge in [-0.15, -0.1) is 0 Å². The van der Waals surface area contributed by atoms with E-state index in [4.69, 9.17) is 0 Å². The Hall–Kier alpha value is 0.860. The third-order valence-corrected chi connectivity index (χ3v) is 0.383. The van der Waals surface area contributed by atoms with E-state index in [0.717, 1.165) is 0 Å². The second-order valence-electron chi connectivity index (χ2n) is 1.07. The zero-order valence-corrected chi connectivity index (χ0v) is 8.08. The molecule has 0 aliphatic carbocycles. The van der Waals surface area contributed by atoms with Gasteiger partial charge in [0, 0.05) is 0 Å². The van der Waals surface area contributed by atoms with Gasteiger partial charge in [-0.25, -0.2) is 19.6 Å². The molecule has 0 aliphatic rings. The topological polar surface area (TPSA) is 92.3 Å². The molecule has 0 spiro atoms. The maximum atomic E-state index is 3.92. The first-order valence-electron chi connectivity index (χ1n) is 2.97. The Labute approximate surface area is 116 Å². The van der Waals surface area contributed by atoms with Crippen molar-refractivity contribution in [1.29, 1.82) is 0 Å². The second-order valence-corrected chi connectivity index (χ2v) is 1.07. The molecule has 0 atom stereocenters. The number of hydrogen-bond donors (Lipinski definition) is 0. The third kappa shape index (κ3) is 31.3. The molecule has 0 rings (SSSR count). The van der Waals surface area contributed by atoms with Crippen LogP contribution in [0.3, 0.4) is 0 Å². The van der Waals surface area contributed by atoms with Crippen LogP contribution in [-0.4, -0.2) is 66.2 Å². The Kier molecular flexibility index (Phi) is 34.2. The summed E-state index contributed by atoms with van der Waals surface area (Å²) in [6.45, 7) is 0. The van der Waals surface area contributed by atoms with Crippen molar-refractivity contribution in [3.05, 3.63) is 0 Å². The molecule has 0 amide bonds. The van der Waals surface area contributed by atoms with E-state index in [1.165, 1.54) is 28.4 Å². The number of rotatable bonds is 8. The monoisotopic (exact) mass is 262 g/mol. The van der Waals surface area contributed by atoms with Crippen molar-refractivity contribution >= 4 is 37.7 Å². The molecule has 0 unspecified atom stereocenters. The molecule has 0 aromatic carbocycles. The molecule has 10 nitrogen and oxygen atoms in total. The van der Waals surface area contributed by atoms with Gasteiger partial charge in [0.15, 0.2) is 0 Å². The first-order chi connectivity index (χ1) is 6.83. The van der Waals surface area contributed by atoms with E-state index in [9.17, 15) is 0 Å². The van der Waals surface area contributed by atoms with Crippen LogP contribution in [0.2, 0.25) is 0 Å². The van der Waals surface area contributed by atoms with Crippen LogP contribution < -0.4 is 0 Å². The molecule has 0 saturated heterocycles. The van der Waals surface area contributed by atoms with Crippen LogP contribution >= 0.6 is 0 Å². The molecule has 0 heterocycles. The van der Waals surface area contributed by atoms with E-state index in [2.05, 4.69) is 49.8 Å². The van der Waals surface area contributed by atoms with Crippen molar-refractivity contribution in [1.82, 2.24) is 0 Å². The summed E-state index contributed by atoms with van der Waals surface area (Å²) >= 11 is 0. The summed E-state index contributed by atoms with van der Waals surface area (Å²) in [7, 11) is 5.05. The van der Waals surface area contributed by atoms with E-state index in [-0.39, 0.29) is 37.7 Å². The summed E-state index contributed by atoms with van der Waals surface area (Å²) in [5.74, 6) is 0. The molecule has 0 bridgehead atoms. The van der Waals surface area contributed by atoms with Gasteiger partial charge >= 0.3 is 37.7 Å². The normalized spacial score (nSPS) is 8.80. The fourth-order valence-corrected chi connectivity index (χ4v) is 0.134. The Bertz CT molecular complexity index is 65.8. The van der Waals surface area contributed by atoms with Gasteiger partial charge in [0.1, 0.15) is 0 Å². The fourth-order valence-electron chi connectivity index (χ4n) is 0.134. The zero-order valence-electron chi connectivity index (χ0n) is 8.08. The molecule has 0 N–H and O–H groups in total. The molecule has 92 valence electrons. The molecule has 11 heteroatoms. The molecular formula is C4H14CaO10. The minimum absolute atomic E-state index is 0. The van der Waals surface area contributed by atoms with Crippen LogP contribution in [0.5, 0.6) is 0 Å². The Morgan fingerprint density at radius 2 is 0.600 bits per heavy atom. The van der Waals surface area contributed by atoms with E-state index in [1.54, 1.807) is 0 Å². The van der Waals surface area contributed by atoms with Crippen LogP contribution in [-0.2, 0) is 49.8 Å². The molecule has 0 fully saturated rings. The van der Waals surface area contributed by atoms with E-state index in [0.29, 0.717) is 0 Å². The van der Waals surface area contributed by atoms with Gasteiger partial charge < -0.3 is 0 Å². The van der Waals surface area contributed by atoms with Crippen molar-refractivity contribution in [2.24, 2.45) is 0 Å². The molecule has 0 radical (unpaired) electrons. The van der Waals surface area contributed by atoms with Gasteiger partial charge in [-0.3, -0.25) is 0 Å². The average Bonchev–Trinajstić information content (AvgIpc) is 2.21. The Balaban J connectivity index is -0.000000180. The maximum absolute atomic E-state index is 3.92. The minimum atomic E-state index is 0. The van der Waals surface area contributed by atoms with Gasteiger partial charge in [-0.05, 0) is 30.2 Å². The zero-order chi connectivity index (χ0) is 11.1. The van der Waals surface area contributed by atoms with Crippen molar-refractivity contribution in [2.45, 2.75) is 0 Å². The summed E-state index contributed by atoms with van der Waals surface area (Å²) in [5, 5.41) is 22.3. The summed E-state index contributed by atoms with van der Waals surface area (Å²) in [4.78, 5) is 15.7. The predicted octanol–water partition coefficient (Wildman–Crippen LogP) is -0.938. The van der Waals surface area contributed by atoms with E-state index >= 15 is 0 Å². The van der Waals surface area contributed by atoms with Crippen LogP contribution in [0.1, 0.15) is 0 Å². The van der Waals surface area contributed by atoms with Crippen molar-refractivity contribution in [3.63, 3.8) is 0 Å². The SMILES string of the molecule is COOOOOC.COOOOOC.[CaH2]. The van der Waals surface area contributed by atoms with Crippen molar-refractivity contribution < 1.29 is 49.8 Å². The van der Waals surface area contributed by atoms with Gasteiger partial charge in [0.05, 0.1) is 28.4 Å². The third-order valence-electron chi connectivity index (χ3n) is 0.383. The van der Waals surface area contributed by atoms with Crippen LogP contribution in [0, 0.1) is 0 Å². The van der Waals surface area contributed by atoms with Crippen LogP contribution in [0.25, 0.3) is 0 Å². The summed E-state index contributed by atoms with van der Waals surface area (Å²) in [5.41, 5.74) is 0. The van der Waals surface area contributed by atoms with E-state index in [1.807, 2.05) is 0 Å². The molecule has 0 aromatic rings. The fraction of sp³-hybridized carbons (Fsp3) is 1.00. The quantitative estimate of drug-likeness (QED) is 0.236. The van der Waals surface area contributed by atoms with E-state index < -0.39 is 0 Å². The van der Waals surface area contributed by atoms with Crippen molar-refractivity contribution in [2.75, 3.05) is 28.4 Å². The molecular weight excluding hydrogens is 248 g/mol. The molecule has 0 saturated carbocycles. The first kappa shape index (κ1) is 21.2. The summed E-state index contributed by atoms with van der Waals surface area (Å²) in [6.07, 6.45) is 0. The Morgan fingerprint density at radius 3 is 0.733 bits per heavy atom. The van der Waals surface area contributed by atoms with Crippen LogP contribution in [0.15, 0.2) is 0 Å². The first-order valence-corrected chi connectivity index (χ1v) is 2.97. The standard InChI is InChI=1S/2C2H6O5.Ca.2H/c2*1-3-5-7-6-4-2;;;/h2*1-2H3;;;. The summed E-state index contributed by atoms with van der Waals surface area (Å²) in [6, 6.07) is 0. The van der Waals surface area contributed by atoms with Gasteiger partial charge in [-0.1, -0.05) is 0 Å². The van der Waals surface area contributed by atoms with Gasteiger partial charge in [-0.2, -0.15) is 0 Å². The molecule has 0 aliphatic heterocycles.